The smallest absolute Gasteiger partial charge is 0.211 e. The van der Waals surface area contributed by atoms with Gasteiger partial charge in [-0.25, -0.2) is 0 Å². The van der Waals surface area contributed by atoms with Gasteiger partial charge >= 0.3 is 0 Å². The fourth-order valence-electron chi connectivity index (χ4n) is 1.75. The van der Waals surface area contributed by atoms with E-state index in [2.05, 4.69) is 0 Å². The van der Waals surface area contributed by atoms with E-state index >= 15 is 0 Å². The summed E-state index contributed by atoms with van der Waals surface area (Å²) in [6.45, 7) is 8.32. The molecule has 20 heavy (non-hydrogen) atoms. The van der Waals surface area contributed by atoms with E-state index in [0.717, 1.165) is 0 Å². The lowest BCUT2D eigenvalue weighted by Gasteiger charge is -2.20. The molecule has 0 fully saturated rings. The number of phenolic OH excluding ortho intramolecular Hbond substituents is 2. The molecule has 0 aliphatic rings. The van der Waals surface area contributed by atoms with Crippen LogP contribution < -0.4 is 18.9 Å². The molecule has 0 saturated heterocycles. The van der Waals surface area contributed by atoms with Crippen LogP contribution in [0.15, 0.2) is 0 Å². The molecule has 0 unspecified atom stereocenters. The largest absolute Gasteiger partial charge is 0.501 e. The van der Waals surface area contributed by atoms with Gasteiger partial charge in [0.25, 0.3) is 0 Å². The van der Waals surface area contributed by atoms with E-state index in [0.29, 0.717) is 26.4 Å². The third kappa shape index (κ3) is 3.12. The lowest BCUT2D eigenvalue weighted by molar-refractivity contribution is 0.231. The molecule has 0 radical (unpaired) electrons. The molecule has 0 aliphatic heterocycles. The summed E-state index contributed by atoms with van der Waals surface area (Å²) in [7, 11) is 0. The van der Waals surface area contributed by atoms with Gasteiger partial charge in [-0.2, -0.15) is 0 Å². The summed E-state index contributed by atoms with van der Waals surface area (Å²) in [5.41, 5.74) is 0. The van der Waals surface area contributed by atoms with Crippen LogP contribution in [-0.2, 0) is 0 Å². The number of rotatable bonds is 8. The molecule has 1 aromatic rings. The van der Waals surface area contributed by atoms with Gasteiger partial charge in [-0.15, -0.1) is 0 Å². The lowest BCUT2D eigenvalue weighted by atomic mass is 10.2. The van der Waals surface area contributed by atoms with Crippen LogP contribution in [0.25, 0.3) is 0 Å². The number of hydrogen-bond acceptors (Lipinski definition) is 6. The Bertz CT molecular complexity index is 366. The summed E-state index contributed by atoms with van der Waals surface area (Å²) in [4.78, 5) is 0. The molecule has 0 spiro atoms. The van der Waals surface area contributed by atoms with E-state index < -0.39 is 0 Å². The van der Waals surface area contributed by atoms with Crippen molar-refractivity contribution in [3.8, 4) is 34.5 Å². The molecule has 1 rings (SSSR count). The second-order valence-electron chi connectivity index (χ2n) is 3.75. The van der Waals surface area contributed by atoms with Gasteiger partial charge in [0.2, 0.25) is 34.5 Å². The first-order valence-electron chi connectivity index (χ1n) is 6.75. The number of benzene rings is 1. The molecule has 0 atom stereocenters. The molecule has 1 aromatic carbocycles. The van der Waals surface area contributed by atoms with Crippen molar-refractivity contribution in [3.05, 3.63) is 0 Å². The minimum atomic E-state index is -0.238. The van der Waals surface area contributed by atoms with Gasteiger partial charge < -0.3 is 29.2 Å². The Balaban J connectivity index is 3.50. The van der Waals surface area contributed by atoms with Crippen molar-refractivity contribution < 1.29 is 29.2 Å². The summed E-state index contributed by atoms with van der Waals surface area (Å²) in [6.07, 6.45) is 0. The molecular formula is C14H22O6. The Morgan fingerprint density at radius 2 is 0.750 bits per heavy atom. The summed E-state index contributed by atoms with van der Waals surface area (Å²) in [6, 6.07) is 0. The molecule has 0 saturated carbocycles. The normalized spacial score (nSPS) is 10.2. The van der Waals surface area contributed by atoms with Crippen LogP contribution in [-0.4, -0.2) is 36.6 Å². The van der Waals surface area contributed by atoms with Crippen molar-refractivity contribution in [2.45, 2.75) is 27.7 Å². The highest BCUT2D eigenvalue weighted by molar-refractivity contribution is 5.72. The second-order valence-corrected chi connectivity index (χ2v) is 3.75. The maximum Gasteiger partial charge on any atom is 0.211 e. The average Bonchev–Trinajstić information content (AvgIpc) is 2.44. The number of phenols is 2. The zero-order valence-corrected chi connectivity index (χ0v) is 12.4. The predicted octanol–water partition coefficient (Wildman–Crippen LogP) is 2.69. The maximum absolute atomic E-state index is 10.3. The minimum absolute atomic E-state index is 0.0544. The van der Waals surface area contributed by atoms with Crippen molar-refractivity contribution in [1.82, 2.24) is 0 Å². The minimum Gasteiger partial charge on any atom is -0.501 e. The second kappa shape index (κ2) is 7.57. The molecular weight excluding hydrogens is 264 g/mol. The molecule has 6 nitrogen and oxygen atoms in total. The Morgan fingerprint density at radius 3 is 0.900 bits per heavy atom. The van der Waals surface area contributed by atoms with Crippen LogP contribution in [0, 0.1) is 0 Å². The monoisotopic (exact) mass is 286 g/mol. The topological polar surface area (TPSA) is 77.4 Å². The van der Waals surface area contributed by atoms with Crippen LogP contribution in [0.2, 0.25) is 0 Å². The van der Waals surface area contributed by atoms with E-state index in [1.54, 1.807) is 27.7 Å². The number of hydrogen-bond donors (Lipinski definition) is 2. The Morgan fingerprint density at radius 1 is 0.550 bits per heavy atom. The average molecular weight is 286 g/mol. The summed E-state index contributed by atoms with van der Waals surface area (Å²) < 4.78 is 21.4. The number of ether oxygens (including phenoxy) is 4. The van der Waals surface area contributed by atoms with Crippen LogP contribution in [0.3, 0.4) is 0 Å². The van der Waals surface area contributed by atoms with E-state index in [9.17, 15) is 10.2 Å². The molecule has 114 valence electrons. The number of aromatic hydroxyl groups is 2. The van der Waals surface area contributed by atoms with Gasteiger partial charge in [0.05, 0.1) is 26.4 Å². The first-order chi connectivity index (χ1) is 9.62. The van der Waals surface area contributed by atoms with Crippen molar-refractivity contribution in [2.24, 2.45) is 0 Å². The Kier molecular flexibility index (Phi) is 6.09. The van der Waals surface area contributed by atoms with Crippen LogP contribution in [0.1, 0.15) is 27.7 Å². The predicted molar refractivity (Wildman–Crippen MR) is 74.4 cm³/mol. The molecule has 6 heteroatoms. The van der Waals surface area contributed by atoms with Gasteiger partial charge in [-0.05, 0) is 27.7 Å². The van der Waals surface area contributed by atoms with E-state index in [4.69, 9.17) is 18.9 Å². The fourth-order valence-corrected chi connectivity index (χ4v) is 1.75. The van der Waals surface area contributed by atoms with Crippen molar-refractivity contribution >= 4 is 0 Å². The SMILES string of the molecule is CCOc1c(O)c(OCC)c(OCC)c(O)c1OCC. The van der Waals surface area contributed by atoms with E-state index in [1.807, 2.05) is 0 Å². The van der Waals surface area contributed by atoms with Crippen molar-refractivity contribution in [1.29, 1.82) is 0 Å². The fraction of sp³-hybridized carbons (Fsp3) is 0.571. The van der Waals surface area contributed by atoms with Crippen LogP contribution in [0.4, 0.5) is 0 Å². The summed E-state index contributed by atoms with van der Waals surface area (Å²) >= 11 is 0. The molecule has 0 amide bonds. The molecule has 0 bridgehead atoms. The van der Waals surface area contributed by atoms with Crippen LogP contribution >= 0.6 is 0 Å². The quantitative estimate of drug-likeness (QED) is 0.715. The highest BCUT2D eigenvalue weighted by atomic mass is 16.6. The Labute approximate surface area is 118 Å². The Hall–Kier alpha value is -1.98. The molecule has 0 aromatic heterocycles. The third-order valence-electron chi connectivity index (χ3n) is 2.43. The first-order valence-corrected chi connectivity index (χ1v) is 6.75. The lowest BCUT2D eigenvalue weighted by Crippen LogP contribution is -2.04. The van der Waals surface area contributed by atoms with Crippen LogP contribution in [0.5, 0.6) is 34.5 Å². The standard InChI is InChI=1S/C14H22O6/c1-5-17-11-9(15)13(19-7-3)14(20-8-4)10(16)12(11)18-6-2/h15-16H,5-8H2,1-4H3. The molecule has 2 N–H and O–H groups in total. The third-order valence-corrected chi connectivity index (χ3v) is 2.43. The van der Waals surface area contributed by atoms with E-state index in [-0.39, 0.29) is 34.5 Å². The summed E-state index contributed by atoms with van der Waals surface area (Å²) in [5.74, 6) is -0.258. The highest BCUT2D eigenvalue weighted by Gasteiger charge is 2.28. The van der Waals surface area contributed by atoms with Gasteiger partial charge in [0.1, 0.15) is 0 Å². The van der Waals surface area contributed by atoms with Crippen molar-refractivity contribution in [3.63, 3.8) is 0 Å². The van der Waals surface area contributed by atoms with Gasteiger partial charge in [0, 0.05) is 0 Å². The van der Waals surface area contributed by atoms with E-state index in [1.165, 1.54) is 0 Å². The zero-order valence-electron chi connectivity index (χ0n) is 12.4. The highest BCUT2D eigenvalue weighted by Crippen LogP contribution is 2.56. The first kappa shape index (κ1) is 16.1. The summed E-state index contributed by atoms with van der Waals surface area (Å²) in [5, 5.41) is 20.5. The maximum atomic E-state index is 10.3. The molecule has 0 aliphatic carbocycles. The van der Waals surface area contributed by atoms with Crippen molar-refractivity contribution in [2.75, 3.05) is 26.4 Å². The van der Waals surface area contributed by atoms with Gasteiger partial charge in [0.15, 0.2) is 0 Å². The molecule has 0 heterocycles. The van der Waals surface area contributed by atoms with Gasteiger partial charge in [-0.3, -0.25) is 0 Å². The van der Waals surface area contributed by atoms with Gasteiger partial charge in [-0.1, -0.05) is 0 Å². The zero-order chi connectivity index (χ0) is 15.1.